The second-order valence-corrected chi connectivity index (χ2v) is 4.94. The number of para-hydroxylation sites is 1. The molecule has 0 amide bonds. The maximum Gasteiger partial charge on any atom is 0.0969 e. The minimum Gasteiger partial charge on any atom is -0.383 e. The Labute approximate surface area is 120 Å². The van der Waals surface area contributed by atoms with Gasteiger partial charge < -0.3 is 10.1 Å². The molecule has 1 aromatic heterocycles. The lowest BCUT2D eigenvalue weighted by atomic mass is 10.3. The number of benzene rings is 1. The van der Waals surface area contributed by atoms with Gasteiger partial charge in [0.05, 0.1) is 24.2 Å². The molecule has 1 heterocycles. The molecule has 2 rings (SSSR count). The number of ether oxygens (including phenoxy) is 1. The molecule has 0 spiro atoms. The summed E-state index contributed by atoms with van der Waals surface area (Å²) in [7, 11) is 1.69. The molecule has 18 heavy (non-hydrogen) atoms. The summed E-state index contributed by atoms with van der Waals surface area (Å²) >= 11 is 2.29. The highest BCUT2D eigenvalue weighted by atomic mass is 127. The van der Waals surface area contributed by atoms with Crippen LogP contribution in [0.15, 0.2) is 30.5 Å². The third-order valence-electron chi connectivity index (χ3n) is 2.43. The first kappa shape index (κ1) is 13.4. The van der Waals surface area contributed by atoms with E-state index in [0.717, 1.165) is 21.5 Å². The topological polar surface area (TPSA) is 52.0 Å². The minimum atomic E-state index is 0.699. The lowest BCUT2D eigenvalue weighted by Crippen LogP contribution is -2.18. The lowest BCUT2D eigenvalue weighted by molar-refractivity contribution is 0.199. The van der Waals surface area contributed by atoms with Crippen molar-refractivity contribution in [2.75, 3.05) is 20.3 Å². The van der Waals surface area contributed by atoms with Crippen molar-refractivity contribution in [1.82, 2.24) is 20.3 Å². The summed E-state index contributed by atoms with van der Waals surface area (Å²) in [4.78, 5) is 0. The Morgan fingerprint density at radius 1 is 1.39 bits per heavy atom. The monoisotopic (exact) mass is 358 g/mol. The molecule has 0 aliphatic heterocycles. The Morgan fingerprint density at radius 3 is 3.00 bits per heavy atom. The van der Waals surface area contributed by atoms with E-state index < -0.39 is 0 Å². The van der Waals surface area contributed by atoms with E-state index in [2.05, 4.69) is 38.2 Å². The van der Waals surface area contributed by atoms with Crippen LogP contribution in [0.4, 0.5) is 0 Å². The normalized spacial score (nSPS) is 10.8. The number of hydrogen-bond donors (Lipinski definition) is 1. The Kier molecular flexibility index (Phi) is 5.09. The molecule has 6 heteroatoms. The van der Waals surface area contributed by atoms with E-state index in [1.807, 2.05) is 30.5 Å². The first-order valence-corrected chi connectivity index (χ1v) is 6.75. The molecule has 2 aromatic rings. The molecule has 0 aliphatic carbocycles. The second-order valence-electron chi connectivity index (χ2n) is 3.78. The van der Waals surface area contributed by atoms with Crippen molar-refractivity contribution in [1.29, 1.82) is 0 Å². The van der Waals surface area contributed by atoms with E-state index in [9.17, 15) is 0 Å². The van der Waals surface area contributed by atoms with Gasteiger partial charge in [0, 0.05) is 23.8 Å². The smallest absolute Gasteiger partial charge is 0.0969 e. The van der Waals surface area contributed by atoms with E-state index in [4.69, 9.17) is 4.74 Å². The summed E-state index contributed by atoms with van der Waals surface area (Å²) in [5, 5.41) is 11.5. The number of halogens is 1. The molecule has 0 bridgehead atoms. The molecule has 0 unspecified atom stereocenters. The number of aromatic nitrogens is 3. The van der Waals surface area contributed by atoms with Gasteiger partial charge in [0.1, 0.15) is 0 Å². The zero-order chi connectivity index (χ0) is 12.8. The molecule has 0 saturated heterocycles. The first-order chi connectivity index (χ1) is 8.81. The van der Waals surface area contributed by atoms with Gasteiger partial charge in [-0.3, -0.25) is 0 Å². The molecule has 0 aliphatic rings. The van der Waals surface area contributed by atoms with Crippen LogP contribution in [0.1, 0.15) is 5.69 Å². The van der Waals surface area contributed by atoms with Gasteiger partial charge in [-0.05, 0) is 34.7 Å². The van der Waals surface area contributed by atoms with Crippen LogP contribution in [0, 0.1) is 3.57 Å². The van der Waals surface area contributed by atoms with Crippen molar-refractivity contribution in [2.45, 2.75) is 6.54 Å². The van der Waals surface area contributed by atoms with Gasteiger partial charge in [-0.25, -0.2) is 4.68 Å². The lowest BCUT2D eigenvalue weighted by Gasteiger charge is -2.02. The van der Waals surface area contributed by atoms with Crippen molar-refractivity contribution in [2.24, 2.45) is 0 Å². The zero-order valence-corrected chi connectivity index (χ0v) is 12.3. The Morgan fingerprint density at radius 2 is 2.22 bits per heavy atom. The SMILES string of the molecule is COCCNCc1cn(-c2ccccc2I)nn1. The van der Waals surface area contributed by atoms with Crippen LogP contribution in [-0.4, -0.2) is 35.3 Å². The highest BCUT2D eigenvalue weighted by Gasteiger charge is 2.05. The average Bonchev–Trinajstić information content (AvgIpc) is 2.84. The predicted molar refractivity (Wildman–Crippen MR) is 77.7 cm³/mol. The molecule has 5 nitrogen and oxygen atoms in total. The van der Waals surface area contributed by atoms with Crippen LogP contribution >= 0.6 is 22.6 Å². The molecule has 96 valence electrons. The fourth-order valence-corrected chi connectivity index (χ4v) is 2.16. The summed E-state index contributed by atoms with van der Waals surface area (Å²) in [6, 6.07) is 8.08. The molecule has 0 atom stereocenters. The van der Waals surface area contributed by atoms with Crippen LogP contribution in [0.25, 0.3) is 5.69 Å². The first-order valence-electron chi connectivity index (χ1n) is 5.67. The maximum atomic E-state index is 4.97. The van der Waals surface area contributed by atoms with Gasteiger partial charge in [-0.15, -0.1) is 5.10 Å². The summed E-state index contributed by atoms with van der Waals surface area (Å²) in [5.74, 6) is 0. The largest absolute Gasteiger partial charge is 0.383 e. The van der Waals surface area contributed by atoms with E-state index in [0.29, 0.717) is 13.2 Å². The van der Waals surface area contributed by atoms with Gasteiger partial charge in [-0.1, -0.05) is 17.3 Å². The van der Waals surface area contributed by atoms with Crippen LogP contribution in [-0.2, 0) is 11.3 Å². The van der Waals surface area contributed by atoms with Crippen molar-refractivity contribution >= 4 is 22.6 Å². The highest BCUT2D eigenvalue weighted by molar-refractivity contribution is 14.1. The predicted octanol–water partition coefficient (Wildman–Crippen LogP) is 1.61. The summed E-state index contributed by atoms with van der Waals surface area (Å²) in [5.41, 5.74) is 1.97. The molecule has 1 aromatic carbocycles. The molecular weight excluding hydrogens is 343 g/mol. The average molecular weight is 358 g/mol. The van der Waals surface area contributed by atoms with Crippen LogP contribution in [0.2, 0.25) is 0 Å². The van der Waals surface area contributed by atoms with Gasteiger partial charge >= 0.3 is 0 Å². The standard InChI is InChI=1S/C12H15IN4O/c1-18-7-6-14-8-10-9-17(16-15-10)12-5-3-2-4-11(12)13/h2-5,9,14H,6-8H2,1H3. The van der Waals surface area contributed by atoms with Crippen molar-refractivity contribution in [3.8, 4) is 5.69 Å². The van der Waals surface area contributed by atoms with Crippen LogP contribution in [0.5, 0.6) is 0 Å². The van der Waals surface area contributed by atoms with Gasteiger partial charge in [-0.2, -0.15) is 0 Å². The number of methoxy groups -OCH3 is 1. The second kappa shape index (κ2) is 6.81. The molecular formula is C12H15IN4O. The summed E-state index contributed by atoms with van der Waals surface area (Å²) in [6.07, 6.45) is 1.94. The fraction of sp³-hybridized carbons (Fsp3) is 0.333. The third kappa shape index (κ3) is 3.50. The van der Waals surface area contributed by atoms with Gasteiger partial charge in [0.2, 0.25) is 0 Å². The van der Waals surface area contributed by atoms with Crippen molar-refractivity contribution in [3.63, 3.8) is 0 Å². The van der Waals surface area contributed by atoms with Crippen LogP contribution in [0.3, 0.4) is 0 Å². The van der Waals surface area contributed by atoms with Gasteiger partial charge in [0.15, 0.2) is 0 Å². The molecule has 0 radical (unpaired) electrons. The van der Waals surface area contributed by atoms with E-state index in [1.165, 1.54) is 0 Å². The number of nitrogens with one attached hydrogen (secondary N) is 1. The third-order valence-corrected chi connectivity index (χ3v) is 3.34. The Bertz CT molecular complexity index is 500. The Balaban J connectivity index is 2.00. The molecule has 0 saturated carbocycles. The van der Waals surface area contributed by atoms with Gasteiger partial charge in [0.25, 0.3) is 0 Å². The van der Waals surface area contributed by atoms with Crippen molar-refractivity contribution in [3.05, 3.63) is 39.7 Å². The summed E-state index contributed by atoms with van der Waals surface area (Å²) in [6.45, 7) is 2.21. The Hall–Kier alpha value is -0.990. The van der Waals surface area contributed by atoms with E-state index in [-0.39, 0.29) is 0 Å². The fourth-order valence-electron chi connectivity index (χ4n) is 1.53. The number of rotatable bonds is 6. The zero-order valence-electron chi connectivity index (χ0n) is 10.1. The molecule has 1 N–H and O–H groups in total. The quantitative estimate of drug-likeness (QED) is 0.630. The number of hydrogen-bond acceptors (Lipinski definition) is 4. The van der Waals surface area contributed by atoms with Crippen LogP contribution < -0.4 is 5.32 Å². The highest BCUT2D eigenvalue weighted by Crippen LogP contribution is 2.15. The summed E-state index contributed by atoms with van der Waals surface area (Å²) < 4.78 is 7.92. The van der Waals surface area contributed by atoms with E-state index in [1.54, 1.807) is 11.8 Å². The number of nitrogens with zero attached hydrogens (tertiary/aromatic N) is 3. The van der Waals surface area contributed by atoms with Crippen molar-refractivity contribution < 1.29 is 4.74 Å². The maximum absolute atomic E-state index is 4.97. The van der Waals surface area contributed by atoms with E-state index >= 15 is 0 Å². The molecule has 0 fully saturated rings. The minimum absolute atomic E-state index is 0.699.